The summed E-state index contributed by atoms with van der Waals surface area (Å²) in [7, 11) is 0. The lowest BCUT2D eigenvalue weighted by Gasteiger charge is -2.11. The van der Waals surface area contributed by atoms with Gasteiger partial charge in [-0.2, -0.15) is 0 Å². The number of nitrogens with zero attached hydrogens (tertiary/aromatic N) is 2. The highest BCUT2D eigenvalue weighted by Crippen LogP contribution is 2.12. The SMILES string of the molecule is CCC1CNc2nonc2CN1. The molecule has 0 saturated carbocycles. The first-order valence-electron chi connectivity index (χ1n) is 4.19. The van der Waals surface area contributed by atoms with Crippen LogP contribution in [-0.2, 0) is 6.54 Å². The maximum atomic E-state index is 4.59. The molecule has 2 N–H and O–H groups in total. The third-order valence-corrected chi connectivity index (χ3v) is 2.12. The van der Waals surface area contributed by atoms with Crippen molar-refractivity contribution in [1.82, 2.24) is 15.6 Å². The van der Waals surface area contributed by atoms with Crippen molar-refractivity contribution in [2.45, 2.75) is 25.9 Å². The van der Waals surface area contributed by atoms with Crippen LogP contribution in [0, 0.1) is 0 Å². The molecule has 0 spiro atoms. The Morgan fingerprint density at radius 3 is 3.33 bits per heavy atom. The molecule has 12 heavy (non-hydrogen) atoms. The first-order chi connectivity index (χ1) is 5.90. The molecule has 2 heterocycles. The van der Waals surface area contributed by atoms with Crippen molar-refractivity contribution in [3.8, 4) is 0 Å². The monoisotopic (exact) mass is 168 g/mol. The molecule has 0 saturated heterocycles. The van der Waals surface area contributed by atoms with E-state index in [1.54, 1.807) is 0 Å². The van der Waals surface area contributed by atoms with E-state index >= 15 is 0 Å². The van der Waals surface area contributed by atoms with Crippen LogP contribution in [-0.4, -0.2) is 22.9 Å². The summed E-state index contributed by atoms with van der Waals surface area (Å²) in [4.78, 5) is 0. The van der Waals surface area contributed by atoms with Crippen molar-refractivity contribution >= 4 is 5.82 Å². The Kier molecular flexibility index (Phi) is 1.95. The summed E-state index contributed by atoms with van der Waals surface area (Å²) in [6, 6.07) is 0.501. The smallest absolute Gasteiger partial charge is 0.195 e. The molecule has 0 aromatic carbocycles. The van der Waals surface area contributed by atoms with Gasteiger partial charge in [0.15, 0.2) is 5.82 Å². The molecule has 1 aromatic heterocycles. The van der Waals surface area contributed by atoms with Crippen LogP contribution in [0.25, 0.3) is 0 Å². The van der Waals surface area contributed by atoms with Gasteiger partial charge in [0.1, 0.15) is 5.69 Å². The molecule has 0 bridgehead atoms. The van der Waals surface area contributed by atoms with Gasteiger partial charge >= 0.3 is 0 Å². The Morgan fingerprint density at radius 2 is 2.50 bits per heavy atom. The second kappa shape index (κ2) is 3.10. The topological polar surface area (TPSA) is 63.0 Å². The number of aromatic nitrogens is 2. The standard InChI is InChI=1S/C7H12N4O/c1-2-5-3-9-7-6(4-8-5)10-12-11-7/h5,8H,2-4H2,1H3,(H,9,11). The van der Waals surface area contributed by atoms with E-state index in [9.17, 15) is 0 Å². The maximum Gasteiger partial charge on any atom is 0.195 e. The van der Waals surface area contributed by atoms with Crippen LogP contribution < -0.4 is 10.6 Å². The van der Waals surface area contributed by atoms with E-state index in [1.807, 2.05) is 0 Å². The summed E-state index contributed by atoms with van der Waals surface area (Å²) in [5.74, 6) is 0.776. The van der Waals surface area contributed by atoms with Crippen LogP contribution in [0.2, 0.25) is 0 Å². The van der Waals surface area contributed by atoms with Crippen molar-refractivity contribution in [1.29, 1.82) is 0 Å². The molecule has 66 valence electrons. The lowest BCUT2D eigenvalue weighted by molar-refractivity contribution is 0.301. The zero-order chi connectivity index (χ0) is 8.39. The predicted molar refractivity (Wildman–Crippen MR) is 43.7 cm³/mol. The summed E-state index contributed by atoms with van der Waals surface area (Å²) in [5.41, 5.74) is 0.867. The van der Waals surface area contributed by atoms with Crippen LogP contribution in [0.5, 0.6) is 0 Å². The molecular formula is C7H12N4O. The highest BCUT2D eigenvalue weighted by Gasteiger charge is 2.16. The molecule has 5 nitrogen and oxygen atoms in total. The van der Waals surface area contributed by atoms with Crippen molar-refractivity contribution in [3.05, 3.63) is 5.69 Å². The summed E-state index contributed by atoms with van der Waals surface area (Å²) < 4.78 is 4.59. The number of fused-ring (bicyclic) bond motifs is 1. The molecule has 0 aliphatic carbocycles. The quantitative estimate of drug-likeness (QED) is 0.634. The van der Waals surface area contributed by atoms with Gasteiger partial charge in [0, 0.05) is 19.1 Å². The minimum atomic E-state index is 0.501. The molecule has 1 aromatic rings. The fourth-order valence-electron chi connectivity index (χ4n) is 1.28. The maximum absolute atomic E-state index is 4.59. The third kappa shape index (κ3) is 1.27. The van der Waals surface area contributed by atoms with Gasteiger partial charge in [0.25, 0.3) is 0 Å². The Hall–Kier alpha value is -1.10. The first-order valence-corrected chi connectivity index (χ1v) is 4.19. The summed E-state index contributed by atoms with van der Waals surface area (Å²) in [6.45, 7) is 3.78. The normalized spacial score (nSPS) is 22.6. The van der Waals surface area contributed by atoms with Gasteiger partial charge in [0.2, 0.25) is 0 Å². The number of hydrogen-bond acceptors (Lipinski definition) is 5. The van der Waals surface area contributed by atoms with E-state index in [4.69, 9.17) is 0 Å². The largest absolute Gasteiger partial charge is 0.364 e. The molecule has 1 aliphatic rings. The van der Waals surface area contributed by atoms with Crippen LogP contribution in [0.4, 0.5) is 5.82 Å². The average Bonchev–Trinajstić information content (AvgIpc) is 2.46. The molecule has 5 heteroatoms. The van der Waals surface area contributed by atoms with Gasteiger partial charge < -0.3 is 10.6 Å². The Morgan fingerprint density at radius 1 is 1.58 bits per heavy atom. The second-order valence-electron chi connectivity index (χ2n) is 2.93. The number of anilines is 1. The number of rotatable bonds is 1. The third-order valence-electron chi connectivity index (χ3n) is 2.12. The van der Waals surface area contributed by atoms with Gasteiger partial charge in [-0.05, 0) is 11.6 Å². The fraction of sp³-hybridized carbons (Fsp3) is 0.714. The number of hydrogen-bond donors (Lipinski definition) is 2. The van der Waals surface area contributed by atoms with Crippen LogP contribution >= 0.6 is 0 Å². The molecular weight excluding hydrogens is 156 g/mol. The van der Waals surface area contributed by atoms with E-state index in [1.165, 1.54) is 0 Å². The van der Waals surface area contributed by atoms with Gasteiger partial charge in [-0.15, -0.1) is 0 Å². The van der Waals surface area contributed by atoms with Gasteiger partial charge in [0.05, 0.1) is 0 Å². The minimum Gasteiger partial charge on any atom is -0.364 e. The van der Waals surface area contributed by atoms with E-state index < -0.39 is 0 Å². The fourth-order valence-corrected chi connectivity index (χ4v) is 1.28. The Bertz CT molecular complexity index is 237. The van der Waals surface area contributed by atoms with E-state index in [0.29, 0.717) is 6.04 Å². The number of nitrogens with one attached hydrogen (secondary N) is 2. The summed E-state index contributed by atoms with van der Waals surface area (Å²) in [5, 5.41) is 14.0. The van der Waals surface area contributed by atoms with E-state index in [0.717, 1.165) is 31.0 Å². The minimum absolute atomic E-state index is 0.501. The van der Waals surface area contributed by atoms with Gasteiger partial charge in [-0.3, -0.25) is 0 Å². The highest BCUT2D eigenvalue weighted by molar-refractivity contribution is 5.38. The van der Waals surface area contributed by atoms with Crippen molar-refractivity contribution in [2.75, 3.05) is 11.9 Å². The van der Waals surface area contributed by atoms with Gasteiger partial charge in [-0.25, -0.2) is 4.63 Å². The van der Waals surface area contributed by atoms with Crippen molar-refractivity contribution in [3.63, 3.8) is 0 Å². The van der Waals surface area contributed by atoms with E-state index in [2.05, 4.69) is 32.5 Å². The molecule has 1 aliphatic heterocycles. The van der Waals surface area contributed by atoms with Crippen LogP contribution in [0.15, 0.2) is 4.63 Å². The van der Waals surface area contributed by atoms with E-state index in [-0.39, 0.29) is 0 Å². The lowest BCUT2D eigenvalue weighted by Crippen LogP contribution is -2.31. The molecule has 1 atom stereocenters. The van der Waals surface area contributed by atoms with Gasteiger partial charge in [-0.1, -0.05) is 12.1 Å². The highest BCUT2D eigenvalue weighted by atomic mass is 16.6. The first kappa shape index (κ1) is 7.54. The lowest BCUT2D eigenvalue weighted by atomic mass is 10.2. The average molecular weight is 168 g/mol. The zero-order valence-corrected chi connectivity index (χ0v) is 7.00. The van der Waals surface area contributed by atoms with Crippen LogP contribution in [0.1, 0.15) is 19.0 Å². The zero-order valence-electron chi connectivity index (χ0n) is 7.00. The molecule has 0 fully saturated rings. The van der Waals surface area contributed by atoms with Crippen molar-refractivity contribution in [2.24, 2.45) is 0 Å². The molecule has 1 unspecified atom stereocenters. The summed E-state index contributed by atoms with van der Waals surface area (Å²) >= 11 is 0. The Balaban J connectivity index is 2.10. The molecule has 2 rings (SSSR count). The molecule has 0 radical (unpaired) electrons. The summed E-state index contributed by atoms with van der Waals surface area (Å²) in [6.07, 6.45) is 1.11. The Labute approximate surface area is 70.5 Å². The predicted octanol–water partition coefficient (Wildman–Crippen LogP) is 0.363. The van der Waals surface area contributed by atoms with Crippen LogP contribution in [0.3, 0.4) is 0 Å². The molecule has 0 amide bonds. The van der Waals surface area contributed by atoms with Crippen molar-refractivity contribution < 1.29 is 4.63 Å². The second-order valence-corrected chi connectivity index (χ2v) is 2.93.